The van der Waals surface area contributed by atoms with Crippen molar-refractivity contribution in [3.63, 3.8) is 0 Å². The van der Waals surface area contributed by atoms with Gasteiger partial charge in [-0.3, -0.25) is 0 Å². The maximum atomic E-state index is 4.26. The highest BCUT2D eigenvalue weighted by molar-refractivity contribution is 4.85. The van der Waals surface area contributed by atoms with Gasteiger partial charge in [0, 0.05) is 12.5 Å². The third-order valence-electron chi connectivity index (χ3n) is 3.85. The Morgan fingerprint density at radius 1 is 1.39 bits per heavy atom. The number of rotatable bonds is 7. The standard InChI is InChI=1S/C13H25N5/c1-3-10-14-12(11-6-4-5-7-11)8-9-13-15-17-18(2)16-13/h11-12,14H,3-10H2,1-2H3. The molecule has 0 radical (unpaired) electrons. The lowest BCUT2D eigenvalue weighted by Crippen LogP contribution is -2.36. The van der Waals surface area contributed by atoms with E-state index in [1.165, 1.54) is 32.1 Å². The Labute approximate surface area is 109 Å². The van der Waals surface area contributed by atoms with Crippen molar-refractivity contribution in [3.05, 3.63) is 5.82 Å². The molecule has 1 saturated carbocycles. The highest BCUT2D eigenvalue weighted by atomic mass is 15.6. The first kappa shape index (κ1) is 13.5. The molecule has 1 aromatic rings. The van der Waals surface area contributed by atoms with Crippen molar-refractivity contribution in [2.45, 2.75) is 57.9 Å². The summed E-state index contributed by atoms with van der Waals surface area (Å²) in [6, 6.07) is 0.635. The predicted molar refractivity (Wildman–Crippen MR) is 71.2 cm³/mol. The van der Waals surface area contributed by atoms with Gasteiger partial charge in [-0.25, -0.2) is 0 Å². The van der Waals surface area contributed by atoms with Crippen LogP contribution in [0.5, 0.6) is 0 Å². The van der Waals surface area contributed by atoms with Crippen LogP contribution in [0.4, 0.5) is 0 Å². The van der Waals surface area contributed by atoms with Crippen molar-refractivity contribution in [1.29, 1.82) is 0 Å². The lowest BCUT2D eigenvalue weighted by atomic mass is 9.94. The fraction of sp³-hybridized carbons (Fsp3) is 0.923. The van der Waals surface area contributed by atoms with E-state index in [0.29, 0.717) is 6.04 Å². The maximum absolute atomic E-state index is 4.26. The van der Waals surface area contributed by atoms with Crippen LogP contribution >= 0.6 is 0 Å². The van der Waals surface area contributed by atoms with Crippen molar-refractivity contribution < 1.29 is 0 Å². The monoisotopic (exact) mass is 251 g/mol. The number of hydrogen-bond acceptors (Lipinski definition) is 4. The largest absolute Gasteiger partial charge is 0.314 e. The second-order valence-electron chi connectivity index (χ2n) is 5.34. The van der Waals surface area contributed by atoms with Crippen LogP contribution in [0.1, 0.15) is 51.3 Å². The van der Waals surface area contributed by atoms with E-state index in [1.807, 2.05) is 7.05 Å². The predicted octanol–water partition coefficient (Wildman–Crippen LogP) is 1.70. The van der Waals surface area contributed by atoms with Gasteiger partial charge in [0.05, 0.1) is 7.05 Å². The van der Waals surface area contributed by atoms with Crippen molar-refractivity contribution >= 4 is 0 Å². The van der Waals surface area contributed by atoms with Gasteiger partial charge >= 0.3 is 0 Å². The molecule has 0 spiro atoms. The lowest BCUT2D eigenvalue weighted by Gasteiger charge is -2.24. The molecule has 18 heavy (non-hydrogen) atoms. The maximum Gasteiger partial charge on any atom is 0.174 e. The van der Waals surface area contributed by atoms with Crippen LogP contribution in [0.15, 0.2) is 0 Å². The van der Waals surface area contributed by atoms with Gasteiger partial charge in [-0.05, 0) is 43.4 Å². The van der Waals surface area contributed by atoms with Crippen molar-refractivity contribution in [2.24, 2.45) is 13.0 Å². The molecule has 0 bridgehead atoms. The van der Waals surface area contributed by atoms with E-state index in [-0.39, 0.29) is 0 Å². The summed E-state index contributed by atoms with van der Waals surface area (Å²) < 4.78 is 0. The van der Waals surface area contributed by atoms with Gasteiger partial charge in [0.15, 0.2) is 5.82 Å². The first-order valence-corrected chi connectivity index (χ1v) is 7.26. The third-order valence-corrected chi connectivity index (χ3v) is 3.85. The summed E-state index contributed by atoms with van der Waals surface area (Å²) in [5.41, 5.74) is 0. The van der Waals surface area contributed by atoms with Gasteiger partial charge in [-0.1, -0.05) is 19.8 Å². The van der Waals surface area contributed by atoms with E-state index in [1.54, 1.807) is 4.80 Å². The highest BCUT2D eigenvalue weighted by Crippen LogP contribution is 2.29. The van der Waals surface area contributed by atoms with Crippen molar-refractivity contribution in [3.8, 4) is 0 Å². The first-order valence-electron chi connectivity index (χ1n) is 7.26. The second kappa shape index (κ2) is 6.83. The highest BCUT2D eigenvalue weighted by Gasteiger charge is 2.24. The van der Waals surface area contributed by atoms with Crippen LogP contribution in [-0.2, 0) is 13.5 Å². The van der Waals surface area contributed by atoms with Crippen LogP contribution in [0, 0.1) is 5.92 Å². The number of hydrogen-bond donors (Lipinski definition) is 1. The van der Waals surface area contributed by atoms with Crippen molar-refractivity contribution in [1.82, 2.24) is 25.5 Å². The Balaban J connectivity index is 1.83. The topological polar surface area (TPSA) is 55.6 Å². The summed E-state index contributed by atoms with van der Waals surface area (Å²) in [7, 11) is 1.82. The minimum absolute atomic E-state index is 0.635. The molecule has 102 valence electrons. The van der Waals surface area contributed by atoms with Gasteiger partial charge in [0.1, 0.15) is 0 Å². The van der Waals surface area contributed by atoms with Crippen LogP contribution in [0.25, 0.3) is 0 Å². The zero-order valence-electron chi connectivity index (χ0n) is 11.6. The average Bonchev–Trinajstić information content (AvgIpc) is 3.01. The molecule has 0 aromatic carbocycles. The molecule has 5 nitrogen and oxygen atoms in total. The molecule has 1 atom stereocenters. The number of aryl methyl sites for hydroxylation is 2. The van der Waals surface area contributed by atoms with Gasteiger partial charge in [0.25, 0.3) is 0 Å². The first-order chi connectivity index (χ1) is 8.79. The van der Waals surface area contributed by atoms with Crippen molar-refractivity contribution in [2.75, 3.05) is 6.54 Å². The second-order valence-corrected chi connectivity index (χ2v) is 5.34. The molecule has 1 aliphatic rings. The minimum Gasteiger partial charge on any atom is -0.314 e. The Morgan fingerprint density at radius 2 is 2.17 bits per heavy atom. The molecule has 5 heteroatoms. The lowest BCUT2D eigenvalue weighted by molar-refractivity contribution is 0.339. The fourth-order valence-corrected chi connectivity index (χ4v) is 2.90. The normalized spacial score (nSPS) is 18.3. The van der Waals surface area contributed by atoms with Crippen LogP contribution in [0.2, 0.25) is 0 Å². The molecule has 0 aliphatic heterocycles. The summed E-state index contributed by atoms with van der Waals surface area (Å²) in [6.45, 7) is 3.35. The third kappa shape index (κ3) is 3.77. The zero-order chi connectivity index (χ0) is 12.8. The number of aromatic nitrogens is 4. The summed E-state index contributed by atoms with van der Waals surface area (Å²) >= 11 is 0. The molecule has 0 saturated heterocycles. The van der Waals surface area contributed by atoms with Gasteiger partial charge in [-0.15, -0.1) is 10.2 Å². The SMILES string of the molecule is CCCNC(CCc1nnn(C)n1)C1CCCC1. The molecule has 0 amide bonds. The summed E-state index contributed by atoms with van der Waals surface area (Å²) in [6.07, 6.45) is 8.84. The number of tetrazole rings is 1. The van der Waals surface area contributed by atoms with Gasteiger partial charge < -0.3 is 5.32 Å². The molecule has 1 heterocycles. The van der Waals surface area contributed by atoms with Gasteiger partial charge in [0.2, 0.25) is 0 Å². The molecule has 1 unspecified atom stereocenters. The summed E-state index contributed by atoms with van der Waals surface area (Å²) in [5.74, 6) is 1.73. The smallest absolute Gasteiger partial charge is 0.174 e. The molecule has 1 aromatic heterocycles. The molecule has 1 fully saturated rings. The molecular weight excluding hydrogens is 226 g/mol. The Bertz CT molecular complexity index is 343. The number of nitrogens with zero attached hydrogens (tertiary/aromatic N) is 4. The zero-order valence-corrected chi connectivity index (χ0v) is 11.6. The van der Waals surface area contributed by atoms with E-state index in [0.717, 1.165) is 31.1 Å². The van der Waals surface area contributed by atoms with Gasteiger partial charge in [-0.2, -0.15) is 4.80 Å². The Hall–Kier alpha value is -0.970. The van der Waals surface area contributed by atoms with E-state index in [2.05, 4.69) is 27.7 Å². The fourth-order valence-electron chi connectivity index (χ4n) is 2.90. The van der Waals surface area contributed by atoms with Crippen LogP contribution in [-0.4, -0.2) is 32.8 Å². The van der Waals surface area contributed by atoms with E-state index >= 15 is 0 Å². The van der Waals surface area contributed by atoms with E-state index in [4.69, 9.17) is 0 Å². The minimum atomic E-state index is 0.635. The van der Waals surface area contributed by atoms with Crippen LogP contribution < -0.4 is 5.32 Å². The average molecular weight is 251 g/mol. The molecule has 2 rings (SSSR count). The summed E-state index contributed by atoms with van der Waals surface area (Å²) in [4.78, 5) is 1.54. The molecule has 1 N–H and O–H groups in total. The van der Waals surface area contributed by atoms with E-state index in [9.17, 15) is 0 Å². The Kier molecular flexibility index (Phi) is 5.11. The molecule has 1 aliphatic carbocycles. The van der Waals surface area contributed by atoms with Crippen LogP contribution in [0.3, 0.4) is 0 Å². The quantitative estimate of drug-likeness (QED) is 0.801. The summed E-state index contributed by atoms with van der Waals surface area (Å²) in [5, 5.41) is 15.9. The molecular formula is C13H25N5. The Morgan fingerprint density at radius 3 is 2.78 bits per heavy atom. The number of nitrogens with one attached hydrogen (secondary N) is 1. The van der Waals surface area contributed by atoms with E-state index < -0.39 is 0 Å².